The highest BCUT2D eigenvalue weighted by Crippen LogP contribution is 2.47. The average Bonchev–Trinajstić information content (AvgIpc) is 2.86. The van der Waals surface area contributed by atoms with Gasteiger partial charge in [0.15, 0.2) is 0 Å². The molecule has 0 aromatic carbocycles. The van der Waals surface area contributed by atoms with E-state index >= 15 is 0 Å². The molecule has 0 aromatic heterocycles. The average molecular weight is 489 g/mol. The summed E-state index contributed by atoms with van der Waals surface area (Å²) in [6.45, 7) is 8.30. The fourth-order valence-electron chi connectivity index (χ4n) is 7.81. The molecule has 8 atom stereocenters. The van der Waals surface area contributed by atoms with Gasteiger partial charge in [-0.05, 0) is 79.1 Å². The van der Waals surface area contributed by atoms with Crippen molar-refractivity contribution in [2.24, 2.45) is 47.3 Å². The third-order valence-corrected chi connectivity index (χ3v) is 9.91. The summed E-state index contributed by atoms with van der Waals surface area (Å²) in [6, 6.07) is 0. The molecule has 0 aliphatic heterocycles. The summed E-state index contributed by atoms with van der Waals surface area (Å²) in [5, 5.41) is 0. The Labute approximate surface area is 215 Å². The summed E-state index contributed by atoms with van der Waals surface area (Å²) < 4.78 is 0. The van der Waals surface area contributed by atoms with Crippen LogP contribution in [0.1, 0.15) is 79.1 Å². The molecule has 2 fully saturated rings. The fraction of sp³-hybridized carbons (Fsp3) is 0.625. The topological polar surface area (TPSA) is 68.3 Å². The van der Waals surface area contributed by atoms with Crippen molar-refractivity contribution in [3.63, 3.8) is 0 Å². The van der Waals surface area contributed by atoms with Crippen LogP contribution < -0.4 is 0 Å². The molecule has 0 amide bonds. The first-order valence-corrected chi connectivity index (χ1v) is 13.9. The van der Waals surface area contributed by atoms with Crippen LogP contribution >= 0.6 is 0 Å². The van der Waals surface area contributed by atoms with E-state index in [0.29, 0.717) is 23.1 Å². The van der Waals surface area contributed by atoms with E-state index < -0.39 is 0 Å². The fourth-order valence-corrected chi connectivity index (χ4v) is 7.81. The van der Waals surface area contributed by atoms with Crippen LogP contribution in [-0.4, -0.2) is 23.1 Å². The quantitative estimate of drug-likeness (QED) is 0.383. The number of allylic oxidation sites excluding steroid dienone is 8. The maximum Gasteiger partial charge on any atom is 0.141 e. The molecule has 0 N–H and O–H groups in total. The molecule has 0 radical (unpaired) electrons. The number of fused-ring (bicyclic) bond motifs is 4. The van der Waals surface area contributed by atoms with Crippen molar-refractivity contribution < 1.29 is 19.2 Å². The van der Waals surface area contributed by atoms with Gasteiger partial charge in [0.2, 0.25) is 0 Å². The molecule has 6 aliphatic rings. The Morgan fingerprint density at radius 3 is 0.833 bits per heavy atom. The molecular weight excluding hydrogens is 448 g/mol. The summed E-state index contributed by atoms with van der Waals surface area (Å²) in [5.41, 5.74) is 5.11. The van der Waals surface area contributed by atoms with Crippen LogP contribution in [0.15, 0.2) is 46.6 Å². The van der Waals surface area contributed by atoms with Gasteiger partial charge < -0.3 is 0 Å². The van der Waals surface area contributed by atoms with Crippen molar-refractivity contribution in [3.05, 3.63) is 46.6 Å². The zero-order valence-corrected chi connectivity index (χ0v) is 22.2. The predicted octanol–water partition coefficient (Wildman–Crippen LogP) is 6.17. The molecule has 192 valence electrons. The van der Waals surface area contributed by atoms with Gasteiger partial charge in [0, 0.05) is 47.3 Å². The number of rotatable bonds is 0. The summed E-state index contributed by atoms with van der Waals surface area (Å²) in [6.07, 6.45) is 15.0. The number of ketones is 4. The number of Topliss-reactive ketones (excluding diaryl/α,β-unsaturated/α-hetero) is 4. The van der Waals surface area contributed by atoms with Crippen LogP contribution in [0.2, 0.25) is 0 Å². The van der Waals surface area contributed by atoms with E-state index in [4.69, 9.17) is 0 Å². The van der Waals surface area contributed by atoms with Gasteiger partial charge in [-0.3, -0.25) is 19.2 Å². The predicted molar refractivity (Wildman–Crippen MR) is 140 cm³/mol. The first kappa shape index (κ1) is 25.3. The number of carbonyl (C=O) groups is 4. The molecule has 6 aliphatic carbocycles. The van der Waals surface area contributed by atoms with Crippen molar-refractivity contribution in [3.8, 4) is 0 Å². The minimum atomic E-state index is -0.0200. The molecule has 4 heteroatoms. The second kappa shape index (κ2) is 9.84. The van der Waals surface area contributed by atoms with E-state index in [1.54, 1.807) is 0 Å². The Morgan fingerprint density at radius 1 is 0.389 bits per heavy atom. The largest absolute Gasteiger partial charge is 0.299 e. The second-order valence-corrected chi connectivity index (χ2v) is 12.4. The molecule has 0 heterocycles. The Morgan fingerprint density at radius 2 is 0.583 bits per heavy atom. The van der Waals surface area contributed by atoms with Gasteiger partial charge >= 0.3 is 0 Å². The van der Waals surface area contributed by atoms with Gasteiger partial charge in [-0.15, -0.1) is 0 Å². The number of carbonyl (C=O) groups excluding carboxylic acids is 4. The van der Waals surface area contributed by atoms with E-state index in [1.807, 2.05) is 0 Å². The zero-order valence-electron chi connectivity index (χ0n) is 22.2. The maximum atomic E-state index is 12.6. The maximum absolute atomic E-state index is 12.6. The molecule has 36 heavy (non-hydrogen) atoms. The van der Waals surface area contributed by atoms with E-state index in [-0.39, 0.29) is 47.3 Å². The highest BCUT2D eigenvalue weighted by molar-refractivity contribution is 6.01. The Hall–Kier alpha value is -2.36. The number of hydrogen-bond acceptors (Lipinski definition) is 4. The van der Waals surface area contributed by atoms with Crippen LogP contribution in [-0.2, 0) is 19.2 Å². The molecule has 4 nitrogen and oxygen atoms in total. The SMILES string of the molecule is CC1=CCC2C(=O)C3CC(C)=CCC3C(=O)C2C1.CC1=CCC2C(=O)C3CC=C(C)CC3C(=O)C2C1. The van der Waals surface area contributed by atoms with Gasteiger partial charge in [-0.1, -0.05) is 46.6 Å². The molecule has 6 rings (SSSR count). The van der Waals surface area contributed by atoms with Crippen LogP contribution in [0.4, 0.5) is 0 Å². The lowest BCUT2D eigenvalue weighted by Crippen LogP contribution is -2.49. The minimum absolute atomic E-state index is 0.0180. The minimum Gasteiger partial charge on any atom is -0.299 e. The van der Waals surface area contributed by atoms with Crippen LogP contribution in [0.5, 0.6) is 0 Å². The zero-order chi connectivity index (χ0) is 25.7. The van der Waals surface area contributed by atoms with E-state index in [9.17, 15) is 19.2 Å². The van der Waals surface area contributed by atoms with Crippen molar-refractivity contribution >= 4 is 23.1 Å². The van der Waals surface area contributed by atoms with Crippen molar-refractivity contribution in [1.82, 2.24) is 0 Å². The van der Waals surface area contributed by atoms with Crippen LogP contribution in [0.25, 0.3) is 0 Å². The molecule has 0 spiro atoms. The van der Waals surface area contributed by atoms with Crippen molar-refractivity contribution in [2.75, 3.05) is 0 Å². The molecular formula is C32H40O4. The Bertz CT molecular complexity index is 1030. The highest BCUT2D eigenvalue weighted by Gasteiger charge is 2.51. The Balaban J connectivity index is 0.000000148. The summed E-state index contributed by atoms with van der Waals surface area (Å²) in [7, 11) is 0. The molecule has 2 saturated carbocycles. The molecule has 0 saturated heterocycles. The summed E-state index contributed by atoms with van der Waals surface area (Å²) in [4.78, 5) is 50.3. The molecule has 0 aromatic rings. The van der Waals surface area contributed by atoms with Gasteiger partial charge in [-0.25, -0.2) is 0 Å². The monoisotopic (exact) mass is 488 g/mol. The van der Waals surface area contributed by atoms with Crippen molar-refractivity contribution in [1.29, 1.82) is 0 Å². The van der Waals surface area contributed by atoms with Gasteiger partial charge in [0.25, 0.3) is 0 Å². The lowest BCUT2D eigenvalue weighted by atomic mass is 9.59. The van der Waals surface area contributed by atoms with E-state index in [0.717, 1.165) is 51.4 Å². The van der Waals surface area contributed by atoms with Gasteiger partial charge in [0.05, 0.1) is 0 Å². The normalized spacial score (nSPS) is 39.7. The summed E-state index contributed by atoms with van der Waals surface area (Å²) in [5.74, 6) is 1.30. The number of hydrogen-bond donors (Lipinski definition) is 0. The first-order chi connectivity index (χ1) is 17.2. The smallest absolute Gasteiger partial charge is 0.141 e. The first-order valence-electron chi connectivity index (χ1n) is 13.9. The van der Waals surface area contributed by atoms with E-state index in [1.165, 1.54) is 22.3 Å². The third kappa shape index (κ3) is 4.46. The van der Waals surface area contributed by atoms with Crippen LogP contribution in [0.3, 0.4) is 0 Å². The second-order valence-electron chi connectivity index (χ2n) is 12.4. The van der Waals surface area contributed by atoms with E-state index in [2.05, 4.69) is 52.0 Å². The highest BCUT2D eigenvalue weighted by atomic mass is 16.2. The van der Waals surface area contributed by atoms with Crippen LogP contribution in [0, 0.1) is 47.3 Å². The third-order valence-electron chi connectivity index (χ3n) is 9.91. The summed E-state index contributed by atoms with van der Waals surface area (Å²) >= 11 is 0. The van der Waals surface area contributed by atoms with Gasteiger partial charge in [-0.2, -0.15) is 0 Å². The molecule has 8 unspecified atom stereocenters. The Kier molecular flexibility index (Phi) is 6.91. The van der Waals surface area contributed by atoms with Crippen molar-refractivity contribution in [2.45, 2.75) is 79.1 Å². The lowest BCUT2D eigenvalue weighted by Gasteiger charge is -2.42. The van der Waals surface area contributed by atoms with Gasteiger partial charge in [0.1, 0.15) is 23.1 Å². The lowest BCUT2D eigenvalue weighted by molar-refractivity contribution is -0.147. The standard InChI is InChI=1S/2C16H20O2/c1-9-3-5-11-13(7-9)15(17)12-6-4-10(2)8-14(12)16(11)18;1-9-3-5-11-13(7-9)16(18)14-8-10(2)4-6-12(14)15(11)17/h2*3-4,11-14H,5-8H2,1-2H3. The molecule has 0 bridgehead atoms.